The SMILES string of the molecule is CCOc1cccc(/C(O)=C2\C(=O)C(=O)N(c3nc4ccc(C)cc4s3)C2c2ccncc2)c1. The van der Waals surface area contributed by atoms with Crippen molar-refractivity contribution in [3.63, 3.8) is 0 Å². The molecule has 8 heteroatoms. The summed E-state index contributed by atoms with van der Waals surface area (Å²) in [5.74, 6) is -1.21. The Morgan fingerprint density at radius 1 is 1.12 bits per heavy atom. The van der Waals surface area contributed by atoms with Crippen LogP contribution in [-0.2, 0) is 9.59 Å². The van der Waals surface area contributed by atoms with Gasteiger partial charge in [0.25, 0.3) is 5.78 Å². The molecule has 5 rings (SSSR count). The fourth-order valence-electron chi connectivity index (χ4n) is 4.07. The van der Waals surface area contributed by atoms with E-state index in [1.54, 1.807) is 48.8 Å². The molecule has 3 heterocycles. The van der Waals surface area contributed by atoms with Crippen LogP contribution in [0.4, 0.5) is 5.13 Å². The number of hydrogen-bond donors (Lipinski definition) is 1. The lowest BCUT2D eigenvalue weighted by atomic mass is 9.96. The number of thiazole rings is 1. The third-order valence-electron chi connectivity index (χ3n) is 5.62. The van der Waals surface area contributed by atoms with Crippen LogP contribution in [0, 0.1) is 6.92 Å². The van der Waals surface area contributed by atoms with Crippen LogP contribution < -0.4 is 9.64 Å². The van der Waals surface area contributed by atoms with Gasteiger partial charge in [-0.15, -0.1) is 0 Å². The summed E-state index contributed by atoms with van der Waals surface area (Å²) in [7, 11) is 0. The van der Waals surface area contributed by atoms with E-state index in [1.165, 1.54) is 16.2 Å². The number of carbonyl (C=O) groups excluding carboxylic acids is 2. The molecule has 1 fully saturated rings. The number of hydrogen-bond acceptors (Lipinski definition) is 7. The summed E-state index contributed by atoms with van der Waals surface area (Å²) in [4.78, 5) is 36.7. The number of ether oxygens (including phenoxy) is 1. The number of rotatable bonds is 5. The second-order valence-corrected chi connectivity index (χ2v) is 8.89. The van der Waals surface area contributed by atoms with Crippen LogP contribution in [0.5, 0.6) is 5.75 Å². The molecule has 0 radical (unpaired) electrons. The molecule has 2 aromatic carbocycles. The van der Waals surface area contributed by atoms with Crippen LogP contribution in [0.1, 0.15) is 29.7 Å². The van der Waals surface area contributed by atoms with E-state index in [9.17, 15) is 14.7 Å². The topological polar surface area (TPSA) is 92.6 Å². The summed E-state index contributed by atoms with van der Waals surface area (Å²) in [5.41, 5.74) is 2.85. The minimum atomic E-state index is -0.847. The first-order valence-electron chi connectivity index (χ1n) is 10.8. The zero-order valence-corrected chi connectivity index (χ0v) is 19.4. The fourth-order valence-corrected chi connectivity index (χ4v) is 5.16. The fraction of sp³-hybridized carbons (Fsp3) is 0.154. The number of fused-ring (bicyclic) bond motifs is 1. The number of Topliss-reactive ketones (excluding diaryl/α,β-unsaturated/α-hetero) is 1. The van der Waals surface area contributed by atoms with Gasteiger partial charge in [-0.25, -0.2) is 4.98 Å². The van der Waals surface area contributed by atoms with Gasteiger partial charge in [0.15, 0.2) is 5.13 Å². The molecule has 0 saturated carbocycles. The highest BCUT2D eigenvalue weighted by Gasteiger charge is 2.48. The second kappa shape index (κ2) is 8.72. The Morgan fingerprint density at radius 3 is 2.68 bits per heavy atom. The van der Waals surface area contributed by atoms with Crippen molar-refractivity contribution in [3.05, 3.63) is 89.3 Å². The van der Waals surface area contributed by atoms with E-state index in [1.807, 2.05) is 32.0 Å². The van der Waals surface area contributed by atoms with Crippen LogP contribution in [0.25, 0.3) is 16.0 Å². The molecule has 1 aliphatic heterocycles. The van der Waals surface area contributed by atoms with E-state index >= 15 is 0 Å². The molecular formula is C26H21N3O4S. The van der Waals surface area contributed by atoms with Gasteiger partial charge in [-0.2, -0.15) is 0 Å². The van der Waals surface area contributed by atoms with Gasteiger partial charge in [0, 0.05) is 18.0 Å². The molecule has 4 aromatic rings. The molecule has 0 spiro atoms. The smallest absolute Gasteiger partial charge is 0.301 e. The van der Waals surface area contributed by atoms with Crippen molar-refractivity contribution >= 4 is 44.1 Å². The molecular weight excluding hydrogens is 450 g/mol. The van der Waals surface area contributed by atoms with Crippen LogP contribution in [0.15, 0.2) is 72.6 Å². The number of carbonyl (C=O) groups is 2. The number of pyridine rings is 1. The predicted octanol–water partition coefficient (Wildman–Crippen LogP) is 5.02. The van der Waals surface area contributed by atoms with Gasteiger partial charge in [-0.3, -0.25) is 19.5 Å². The van der Waals surface area contributed by atoms with Gasteiger partial charge in [0.1, 0.15) is 11.5 Å². The number of aryl methyl sites for hydroxylation is 1. The molecule has 34 heavy (non-hydrogen) atoms. The molecule has 0 aliphatic carbocycles. The van der Waals surface area contributed by atoms with Crippen LogP contribution >= 0.6 is 11.3 Å². The summed E-state index contributed by atoms with van der Waals surface area (Å²) in [6, 6.07) is 15.3. The Morgan fingerprint density at radius 2 is 1.91 bits per heavy atom. The van der Waals surface area contributed by atoms with Crippen molar-refractivity contribution in [3.8, 4) is 5.75 Å². The predicted molar refractivity (Wildman–Crippen MR) is 131 cm³/mol. The Bertz CT molecular complexity index is 1440. The molecule has 1 unspecified atom stereocenters. The van der Waals surface area contributed by atoms with Crippen molar-refractivity contribution in [1.29, 1.82) is 0 Å². The zero-order chi connectivity index (χ0) is 23.8. The van der Waals surface area contributed by atoms with Gasteiger partial charge < -0.3 is 9.84 Å². The Kier molecular flexibility index (Phi) is 5.59. The Balaban J connectivity index is 1.70. The maximum Gasteiger partial charge on any atom is 0.301 e. The average Bonchev–Trinajstić information content (AvgIpc) is 3.37. The summed E-state index contributed by atoms with van der Waals surface area (Å²) >= 11 is 1.33. The molecule has 7 nitrogen and oxygen atoms in total. The minimum Gasteiger partial charge on any atom is -0.507 e. The normalized spacial score (nSPS) is 17.5. The van der Waals surface area contributed by atoms with Crippen molar-refractivity contribution in [2.45, 2.75) is 19.9 Å². The maximum atomic E-state index is 13.3. The summed E-state index contributed by atoms with van der Waals surface area (Å²) in [6.07, 6.45) is 3.18. The van der Waals surface area contributed by atoms with Crippen molar-refractivity contribution in [2.75, 3.05) is 11.5 Å². The summed E-state index contributed by atoms with van der Waals surface area (Å²) < 4.78 is 6.45. The van der Waals surface area contributed by atoms with E-state index in [2.05, 4.69) is 9.97 Å². The van der Waals surface area contributed by atoms with Gasteiger partial charge in [0.05, 0.1) is 28.4 Å². The summed E-state index contributed by atoms with van der Waals surface area (Å²) in [5, 5.41) is 11.7. The number of aliphatic hydroxyl groups excluding tert-OH is 1. The van der Waals surface area contributed by atoms with Crippen LogP contribution in [-0.4, -0.2) is 33.4 Å². The van der Waals surface area contributed by atoms with Crippen molar-refractivity contribution < 1.29 is 19.4 Å². The molecule has 1 N–H and O–H groups in total. The van der Waals surface area contributed by atoms with E-state index < -0.39 is 17.7 Å². The minimum absolute atomic E-state index is 0.000264. The number of nitrogens with zero attached hydrogens (tertiary/aromatic N) is 3. The quantitative estimate of drug-likeness (QED) is 0.249. The molecule has 1 atom stereocenters. The van der Waals surface area contributed by atoms with E-state index in [-0.39, 0.29) is 11.3 Å². The Hall–Kier alpha value is -4.04. The lowest BCUT2D eigenvalue weighted by Crippen LogP contribution is -2.29. The number of ketones is 1. The highest BCUT2D eigenvalue weighted by atomic mass is 32.1. The molecule has 2 aromatic heterocycles. The van der Waals surface area contributed by atoms with Crippen molar-refractivity contribution in [2.24, 2.45) is 0 Å². The maximum absolute atomic E-state index is 13.3. The standard InChI is InChI=1S/C26H21N3O4S/c1-3-33-18-6-4-5-17(14-18)23(30)21-22(16-9-11-27-12-10-16)29(25(32)24(21)31)26-28-19-8-7-15(2)13-20(19)34-26/h4-14,22,30H,3H2,1-2H3/b23-21+. The van der Waals surface area contributed by atoms with Gasteiger partial charge in [-0.1, -0.05) is 29.5 Å². The largest absolute Gasteiger partial charge is 0.507 e. The zero-order valence-electron chi connectivity index (χ0n) is 18.6. The van der Waals surface area contributed by atoms with Gasteiger partial charge >= 0.3 is 5.91 Å². The Labute approximate surface area is 200 Å². The molecule has 1 saturated heterocycles. The van der Waals surface area contributed by atoms with Gasteiger partial charge in [0.2, 0.25) is 0 Å². The van der Waals surface area contributed by atoms with Crippen molar-refractivity contribution in [1.82, 2.24) is 9.97 Å². The molecule has 0 bridgehead atoms. The third-order valence-corrected chi connectivity index (χ3v) is 6.64. The number of amides is 1. The number of anilines is 1. The lowest BCUT2D eigenvalue weighted by molar-refractivity contribution is -0.132. The highest BCUT2D eigenvalue weighted by molar-refractivity contribution is 7.22. The molecule has 1 aliphatic rings. The third kappa shape index (κ3) is 3.72. The number of aliphatic hydroxyl groups is 1. The highest BCUT2D eigenvalue weighted by Crippen LogP contribution is 2.44. The number of aromatic nitrogens is 2. The molecule has 1 amide bonds. The first-order valence-corrected chi connectivity index (χ1v) is 11.6. The van der Waals surface area contributed by atoms with Crippen LogP contribution in [0.3, 0.4) is 0 Å². The second-order valence-electron chi connectivity index (χ2n) is 7.88. The molecule has 170 valence electrons. The van der Waals surface area contributed by atoms with Gasteiger partial charge in [-0.05, 0) is 61.4 Å². The van der Waals surface area contributed by atoms with E-state index in [4.69, 9.17) is 4.74 Å². The van der Waals surface area contributed by atoms with E-state index in [0.29, 0.717) is 28.6 Å². The summed E-state index contributed by atoms with van der Waals surface area (Å²) in [6.45, 7) is 4.31. The monoisotopic (exact) mass is 471 g/mol. The van der Waals surface area contributed by atoms with E-state index in [0.717, 1.165) is 15.8 Å². The van der Waals surface area contributed by atoms with Crippen LogP contribution in [0.2, 0.25) is 0 Å². The number of benzene rings is 2. The lowest BCUT2D eigenvalue weighted by Gasteiger charge is -2.22. The first-order chi connectivity index (χ1) is 16.5. The average molecular weight is 472 g/mol. The first kappa shape index (κ1) is 21.8.